The average Bonchev–Trinajstić information content (AvgIpc) is 3.10. The van der Waals surface area contributed by atoms with Crippen molar-refractivity contribution in [3.05, 3.63) is 95.8 Å². The van der Waals surface area contributed by atoms with Crippen molar-refractivity contribution in [2.45, 2.75) is 6.42 Å². The van der Waals surface area contributed by atoms with E-state index in [-0.39, 0.29) is 29.5 Å². The van der Waals surface area contributed by atoms with Gasteiger partial charge in [-0.25, -0.2) is 8.78 Å². The van der Waals surface area contributed by atoms with Crippen molar-refractivity contribution in [1.82, 2.24) is 0 Å². The summed E-state index contributed by atoms with van der Waals surface area (Å²) in [7, 11) is 0. The van der Waals surface area contributed by atoms with Gasteiger partial charge in [0.2, 0.25) is 11.7 Å². The summed E-state index contributed by atoms with van der Waals surface area (Å²) < 4.78 is 32.2. The van der Waals surface area contributed by atoms with Crippen LogP contribution in [0.1, 0.15) is 16.1 Å². The highest BCUT2D eigenvalue weighted by Crippen LogP contribution is 2.31. The van der Waals surface area contributed by atoms with E-state index >= 15 is 0 Å². The van der Waals surface area contributed by atoms with Crippen LogP contribution in [0.4, 0.5) is 20.2 Å². The van der Waals surface area contributed by atoms with Crippen LogP contribution in [0.3, 0.4) is 0 Å². The topological polar surface area (TPSA) is 71.3 Å². The first-order valence-corrected chi connectivity index (χ1v) is 9.13. The number of halogens is 2. The van der Waals surface area contributed by atoms with Crippen molar-refractivity contribution in [2.75, 3.05) is 10.6 Å². The van der Waals surface area contributed by atoms with Gasteiger partial charge in [-0.05, 0) is 29.8 Å². The second-order valence-corrected chi connectivity index (χ2v) is 6.60. The fourth-order valence-corrected chi connectivity index (χ4v) is 3.06. The Labute approximate surface area is 170 Å². The zero-order chi connectivity index (χ0) is 21.1. The Morgan fingerprint density at radius 2 is 1.57 bits per heavy atom. The van der Waals surface area contributed by atoms with Crippen molar-refractivity contribution in [3.63, 3.8) is 0 Å². The van der Waals surface area contributed by atoms with E-state index in [1.807, 2.05) is 30.3 Å². The van der Waals surface area contributed by atoms with Gasteiger partial charge in [-0.2, -0.15) is 0 Å². The fourth-order valence-electron chi connectivity index (χ4n) is 3.06. The number of anilines is 2. The molecule has 30 heavy (non-hydrogen) atoms. The van der Waals surface area contributed by atoms with E-state index in [1.54, 1.807) is 24.3 Å². The number of hydrogen-bond acceptors (Lipinski definition) is 3. The highest BCUT2D eigenvalue weighted by Gasteiger charge is 2.22. The van der Waals surface area contributed by atoms with Gasteiger partial charge < -0.3 is 15.1 Å². The predicted octanol–water partition coefficient (Wildman–Crippen LogP) is 5.14. The first kappa shape index (κ1) is 19.3. The van der Waals surface area contributed by atoms with Crippen molar-refractivity contribution in [2.24, 2.45) is 0 Å². The number of benzene rings is 3. The molecule has 0 saturated carbocycles. The normalized spacial score (nSPS) is 10.7. The van der Waals surface area contributed by atoms with E-state index < -0.39 is 17.5 Å². The molecular weight excluding hydrogens is 390 g/mol. The molecule has 0 fully saturated rings. The molecule has 1 aromatic heterocycles. The molecule has 0 unspecified atom stereocenters. The molecule has 7 heteroatoms. The lowest BCUT2D eigenvalue weighted by molar-refractivity contribution is -0.115. The van der Waals surface area contributed by atoms with Gasteiger partial charge in [0.05, 0.1) is 6.42 Å². The predicted molar refractivity (Wildman–Crippen MR) is 109 cm³/mol. The zero-order valence-electron chi connectivity index (χ0n) is 15.6. The lowest BCUT2D eigenvalue weighted by Gasteiger charge is -2.08. The first-order valence-electron chi connectivity index (χ1n) is 9.13. The summed E-state index contributed by atoms with van der Waals surface area (Å²) in [6.07, 6.45) is 0.116. The molecule has 0 spiro atoms. The van der Waals surface area contributed by atoms with E-state index in [1.165, 1.54) is 6.07 Å². The van der Waals surface area contributed by atoms with E-state index in [9.17, 15) is 18.4 Å². The Balaban J connectivity index is 1.63. The van der Waals surface area contributed by atoms with Gasteiger partial charge in [-0.3, -0.25) is 9.59 Å². The van der Waals surface area contributed by atoms with Crippen LogP contribution in [0, 0.1) is 11.6 Å². The van der Waals surface area contributed by atoms with Crippen LogP contribution in [-0.4, -0.2) is 11.8 Å². The maximum Gasteiger partial charge on any atom is 0.293 e. The van der Waals surface area contributed by atoms with Crippen LogP contribution in [0.2, 0.25) is 0 Å². The Hall–Kier alpha value is -4.00. The van der Waals surface area contributed by atoms with Gasteiger partial charge in [-0.15, -0.1) is 0 Å². The smallest absolute Gasteiger partial charge is 0.293 e. The minimum atomic E-state index is -1.09. The number of rotatable bonds is 5. The van der Waals surface area contributed by atoms with E-state index in [0.29, 0.717) is 11.0 Å². The Morgan fingerprint density at radius 3 is 2.33 bits per heavy atom. The molecule has 0 radical (unpaired) electrons. The third-order valence-electron chi connectivity index (χ3n) is 4.45. The molecule has 0 aliphatic heterocycles. The maximum atomic E-state index is 13.5. The summed E-state index contributed by atoms with van der Waals surface area (Å²) in [5, 5.41) is 5.75. The monoisotopic (exact) mass is 406 g/mol. The second-order valence-electron chi connectivity index (χ2n) is 6.60. The molecule has 4 rings (SSSR count). The molecule has 2 amide bonds. The zero-order valence-corrected chi connectivity index (χ0v) is 15.6. The molecular formula is C23H16F2N2O3. The third-order valence-corrected chi connectivity index (χ3v) is 4.45. The van der Waals surface area contributed by atoms with Gasteiger partial charge in [0.25, 0.3) is 5.91 Å². The lowest BCUT2D eigenvalue weighted by atomic mass is 10.1. The largest absolute Gasteiger partial charge is 0.449 e. The highest BCUT2D eigenvalue weighted by atomic mass is 19.2. The number of carbonyl (C=O) groups is 2. The average molecular weight is 406 g/mol. The molecule has 150 valence electrons. The van der Waals surface area contributed by atoms with Gasteiger partial charge in [0, 0.05) is 17.1 Å². The minimum absolute atomic E-state index is 0.0564. The van der Waals surface area contributed by atoms with Crippen molar-refractivity contribution in [3.8, 4) is 0 Å². The van der Waals surface area contributed by atoms with Crippen LogP contribution in [0.25, 0.3) is 11.0 Å². The number of carbonyl (C=O) groups excluding carboxylic acids is 2. The number of hydrogen-bond donors (Lipinski definition) is 2. The molecule has 0 aliphatic carbocycles. The number of para-hydroxylation sites is 1. The van der Waals surface area contributed by atoms with Crippen molar-refractivity contribution >= 4 is 34.2 Å². The van der Waals surface area contributed by atoms with Crippen LogP contribution in [0.15, 0.2) is 77.2 Å². The second kappa shape index (κ2) is 8.16. The minimum Gasteiger partial charge on any atom is -0.449 e. The van der Waals surface area contributed by atoms with Crippen LogP contribution in [-0.2, 0) is 11.2 Å². The Kier molecular flexibility index (Phi) is 5.26. The lowest BCUT2D eigenvalue weighted by Crippen LogP contribution is -2.18. The van der Waals surface area contributed by atoms with Crippen LogP contribution in [0.5, 0.6) is 0 Å². The summed E-state index contributed by atoms with van der Waals surface area (Å²) in [6.45, 7) is 0. The summed E-state index contributed by atoms with van der Waals surface area (Å²) in [6, 6.07) is 19.0. The van der Waals surface area contributed by atoms with Crippen LogP contribution >= 0.6 is 0 Å². The quantitative estimate of drug-likeness (QED) is 0.482. The number of fused-ring (bicyclic) bond motifs is 1. The number of furan rings is 1. The SMILES string of the molecule is O=C(Cc1ccccc1)Nc1c(C(=O)Nc2ccc(F)c(F)c2)oc2ccccc12. The van der Waals surface area contributed by atoms with Gasteiger partial charge in [0.1, 0.15) is 11.3 Å². The van der Waals surface area contributed by atoms with Gasteiger partial charge in [0.15, 0.2) is 11.6 Å². The van der Waals surface area contributed by atoms with Gasteiger partial charge >= 0.3 is 0 Å². The molecule has 0 bridgehead atoms. The Morgan fingerprint density at radius 1 is 0.833 bits per heavy atom. The summed E-state index contributed by atoms with van der Waals surface area (Å²) in [4.78, 5) is 25.3. The van der Waals surface area contributed by atoms with E-state index in [2.05, 4.69) is 10.6 Å². The molecule has 0 atom stereocenters. The van der Waals surface area contributed by atoms with Crippen molar-refractivity contribution < 1.29 is 22.8 Å². The summed E-state index contributed by atoms with van der Waals surface area (Å²) in [5.74, 6) is -3.27. The maximum absolute atomic E-state index is 13.5. The van der Waals surface area contributed by atoms with Crippen LogP contribution < -0.4 is 10.6 Å². The van der Waals surface area contributed by atoms with Crippen molar-refractivity contribution in [1.29, 1.82) is 0 Å². The molecule has 4 aromatic rings. The molecule has 5 nitrogen and oxygen atoms in total. The summed E-state index contributed by atoms with van der Waals surface area (Å²) >= 11 is 0. The van der Waals surface area contributed by atoms with E-state index in [0.717, 1.165) is 17.7 Å². The highest BCUT2D eigenvalue weighted by molar-refractivity contribution is 6.14. The van der Waals surface area contributed by atoms with Gasteiger partial charge in [-0.1, -0.05) is 42.5 Å². The standard InChI is InChI=1S/C23H16F2N2O3/c24-17-11-10-15(13-18(17)25)26-23(29)22-21(16-8-4-5-9-19(16)30-22)27-20(28)12-14-6-2-1-3-7-14/h1-11,13H,12H2,(H,26,29)(H,27,28). The molecule has 0 aliphatic rings. The number of amides is 2. The van der Waals surface area contributed by atoms with E-state index in [4.69, 9.17) is 4.42 Å². The summed E-state index contributed by atoms with van der Waals surface area (Å²) in [5.41, 5.74) is 1.49. The first-order chi connectivity index (χ1) is 14.5. The fraction of sp³-hybridized carbons (Fsp3) is 0.0435. The Bertz CT molecular complexity index is 1240. The molecule has 3 aromatic carbocycles. The molecule has 1 heterocycles. The third kappa shape index (κ3) is 4.05. The molecule has 2 N–H and O–H groups in total. The number of nitrogens with one attached hydrogen (secondary N) is 2. The molecule has 0 saturated heterocycles.